The van der Waals surface area contributed by atoms with Crippen molar-refractivity contribution in [2.24, 2.45) is 0 Å². The molecule has 2 N–H and O–H groups in total. The van der Waals surface area contributed by atoms with E-state index in [1.165, 1.54) is 5.56 Å². The number of hydrogen-bond acceptors (Lipinski definition) is 3. The second-order valence-electron chi connectivity index (χ2n) is 4.30. The van der Waals surface area contributed by atoms with Crippen molar-refractivity contribution in [2.75, 3.05) is 33.2 Å². The highest BCUT2D eigenvalue weighted by molar-refractivity contribution is 5.93. The van der Waals surface area contributed by atoms with Crippen LogP contribution in [0.3, 0.4) is 0 Å². The van der Waals surface area contributed by atoms with Gasteiger partial charge in [-0.2, -0.15) is 0 Å². The molecule has 2 rings (SSSR count). The van der Waals surface area contributed by atoms with Crippen LogP contribution in [0.1, 0.15) is 15.9 Å². The minimum atomic E-state index is -0.0290. The van der Waals surface area contributed by atoms with Gasteiger partial charge in [0.05, 0.1) is 0 Å². The monoisotopic (exact) mass is 233 g/mol. The van der Waals surface area contributed by atoms with Gasteiger partial charge >= 0.3 is 0 Å². The third-order valence-corrected chi connectivity index (χ3v) is 3.06. The van der Waals surface area contributed by atoms with Gasteiger partial charge in [-0.15, -0.1) is 0 Å². The van der Waals surface area contributed by atoms with E-state index in [0.29, 0.717) is 0 Å². The zero-order chi connectivity index (χ0) is 12.1. The Bertz CT molecular complexity index is 369. The number of nitrogens with zero attached hydrogens (tertiary/aromatic N) is 1. The van der Waals surface area contributed by atoms with E-state index in [-0.39, 0.29) is 5.91 Å². The minimum absolute atomic E-state index is 0.0290. The Balaban J connectivity index is 1.95. The fourth-order valence-electron chi connectivity index (χ4n) is 2.03. The summed E-state index contributed by atoms with van der Waals surface area (Å²) < 4.78 is 0. The fourth-order valence-corrected chi connectivity index (χ4v) is 2.03. The second kappa shape index (κ2) is 5.80. The zero-order valence-electron chi connectivity index (χ0n) is 10.2. The number of amides is 1. The van der Waals surface area contributed by atoms with Crippen LogP contribution in [-0.4, -0.2) is 44.0 Å². The van der Waals surface area contributed by atoms with E-state index in [9.17, 15) is 4.79 Å². The topological polar surface area (TPSA) is 44.4 Å². The Kier molecular flexibility index (Phi) is 4.12. The summed E-state index contributed by atoms with van der Waals surface area (Å²) in [5, 5.41) is 5.96. The van der Waals surface area contributed by atoms with E-state index in [4.69, 9.17) is 0 Å². The molecular formula is C13H19N3O. The summed E-state index contributed by atoms with van der Waals surface area (Å²) >= 11 is 0. The summed E-state index contributed by atoms with van der Waals surface area (Å²) in [4.78, 5) is 13.8. The Labute approximate surface area is 102 Å². The summed E-state index contributed by atoms with van der Waals surface area (Å²) in [6, 6.07) is 7.84. The summed E-state index contributed by atoms with van der Waals surface area (Å²) in [6.45, 7) is 5.29. The van der Waals surface area contributed by atoms with Crippen LogP contribution in [0.2, 0.25) is 0 Å². The van der Waals surface area contributed by atoms with Gasteiger partial charge in [0.2, 0.25) is 0 Å². The smallest absolute Gasteiger partial charge is 0.251 e. The van der Waals surface area contributed by atoms with Crippen LogP contribution in [0.5, 0.6) is 0 Å². The number of carbonyl (C=O) groups is 1. The van der Waals surface area contributed by atoms with Gasteiger partial charge < -0.3 is 10.6 Å². The molecule has 0 unspecified atom stereocenters. The highest BCUT2D eigenvalue weighted by Gasteiger charge is 2.10. The first kappa shape index (κ1) is 12.1. The molecule has 0 aromatic heterocycles. The number of piperazine rings is 1. The first-order valence-corrected chi connectivity index (χ1v) is 6.03. The molecule has 4 heteroatoms. The van der Waals surface area contributed by atoms with E-state index in [1.807, 2.05) is 24.3 Å². The summed E-state index contributed by atoms with van der Waals surface area (Å²) in [6.07, 6.45) is 0. The number of benzene rings is 1. The standard InChI is InChI=1S/C13H19N3O/c1-14-13(17)12-4-2-11(3-5-12)10-16-8-6-15-7-9-16/h2-5,15H,6-10H2,1H3,(H,14,17). The van der Waals surface area contributed by atoms with E-state index in [1.54, 1.807) is 7.05 Å². The highest BCUT2D eigenvalue weighted by Crippen LogP contribution is 2.08. The molecule has 1 aromatic rings. The van der Waals surface area contributed by atoms with Crippen molar-refractivity contribution in [2.45, 2.75) is 6.54 Å². The molecule has 17 heavy (non-hydrogen) atoms. The summed E-state index contributed by atoms with van der Waals surface area (Å²) in [7, 11) is 1.65. The van der Waals surface area contributed by atoms with E-state index in [0.717, 1.165) is 38.3 Å². The SMILES string of the molecule is CNC(=O)c1ccc(CN2CCNCC2)cc1. The van der Waals surface area contributed by atoms with E-state index < -0.39 is 0 Å². The third-order valence-electron chi connectivity index (χ3n) is 3.06. The molecule has 1 amide bonds. The Morgan fingerprint density at radius 2 is 1.94 bits per heavy atom. The fraction of sp³-hybridized carbons (Fsp3) is 0.462. The molecule has 4 nitrogen and oxygen atoms in total. The first-order chi connectivity index (χ1) is 8.29. The first-order valence-electron chi connectivity index (χ1n) is 6.03. The maximum atomic E-state index is 11.4. The largest absolute Gasteiger partial charge is 0.355 e. The number of hydrogen-bond donors (Lipinski definition) is 2. The molecule has 0 aliphatic carbocycles. The van der Waals surface area contributed by atoms with Gasteiger partial charge in [0, 0.05) is 45.3 Å². The normalized spacial score (nSPS) is 16.8. The molecule has 0 atom stereocenters. The van der Waals surface area contributed by atoms with Crippen LogP contribution in [0.4, 0.5) is 0 Å². The van der Waals surface area contributed by atoms with Crippen molar-refractivity contribution >= 4 is 5.91 Å². The summed E-state index contributed by atoms with van der Waals surface area (Å²) in [5.74, 6) is -0.0290. The van der Waals surface area contributed by atoms with Crippen LogP contribution >= 0.6 is 0 Å². The van der Waals surface area contributed by atoms with Gasteiger partial charge in [0.25, 0.3) is 5.91 Å². The van der Waals surface area contributed by atoms with Gasteiger partial charge in [0.1, 0.15) is 0 Å². The van der Waals surface area contributed by atoms with Crippen molar-refractivity contribution in [3.05, 3.63) is 35.4 Å². The van der Waals surface area contributed by atoms with Gasteiger partial charge in [-0.1, -0.05) is 12.1 Å². The van der Waals surface area contributed by atoms with Crippen LogP contribution < -0.4 is 10.6 Å². The molecule has 92 valence electrons. The van der Waals surface area contributed by atoms with Crippen LogP contribution in [0.15, 0.2) is 24.3 Å². The highest BCUT2D eigenvalue weighted by atomic mass is 16.1. The lowest BCUT2D eigenvalue weighted by Crippen LogP contribution is -2.42. The van der Waals surface area contributed by atoms with Gasteiger partial charge in [0.15, 0.2) is 0 Å². The maximum Gasteiger partial charge on any atom is 0.251 e. The Morgan fingerprint density at radius 3 is 2.53 bits per heavy atom. The van der Waals surface area contributed by atoms with Crippen molar-refractivity contribution in [3.63, 3.8) is 0 Å². The average molecular weight is 233 g/mol. The Hall–Kier alpha value is -1.39. The second-order valence-corrected chi connectivity index (χ2v) is 4.30. The van der Waals surface area contributed by atoms with E-state index in [2.05, 4.69) is 15.5 Å². The molecule has 1 fully saturated rings. The lowest BCUT2D eigenvalue weighted by Gasteiger charge is -2.27. The molecule has 0 spiro atoms. The third kappa shape index (κ3) is 3.28. The van der Waals surface area contributed by atoms with Crippen molar-refractivity contribution < 1.29 is 4.79 Å². The molecule has 0 bridgehead atoms. The van der Waals surface area contributed by atoms with Gasteiger partial charge in [-0.3, -0.25) is 9.69 Å². The molecule has 1 aliphatic rings. The molecule has 0 saturated carbocycles. The minimum Gasteiger partial charge on any atom is -0.355 e. The lowest BCUT2D eigenvalue weighted by molar-refractivity contribution is 0.0963. The molecular weight excluding hydrogens is 214 g/mol. The number of nitrogens with one attached hydrogen (secondary N) is 2. The molecule has 1 aliphatic heterocycles. The van der Waals surface area contributed by atoms with E-state index >= 15 is 0 Å². The predicted octanol–water partition coefficient (Wildman–Crippen LogP) is 0.451. The Morgan fingerprint density at radius 1 is 1.29 bits per heavy atom. The van der Waals surface area contributed by atoms with Crippen molar-refractivity contribution in [1.29, 1.82) is 0 Å². The molecule has 1 saturated heterocycles. The average Bonchev–Trinajstić information content (AvgIpc) is 2.40. The molecule has 0 radical (unpaired) electrons. The number of rotatable bonds is 3. The maximum absolute atomic E-state index is 11.4. The van der Waals surface area contributed by atoms with Crippen LogP contribution in [-0.2, 0) is 6.54 Å². The van der Waals surface area contributed by atoms with Crippen LogP contribution in [0.25, 0.3) is 0 Å². The quantitative estimate of drug-likeness (QED) is 0.797. The van der Waals surface area contributed by atoms with Crippen molar-refractivity contribution in [1.82, 2.24) is 15.5 Å². The summed E-state index contributed by atoms with van der Waals surface area (Å²) in [5.41, 5.74) is 1.98. The molecule has 1 heterocycles. The van der Waals surface area contributed by atoms with Gasteiger partial charge in [-0.05, 0) is 17.7 Å². The molecule has 1 aromatic carbocycles. The van der Waals surface area contributed by atoms with Crippen molar-refractivity contribution in [3.8, 4) is 0 Å². The van der Waals surface area contributed by atoms with Gasteiger partial charge in [-0.25, -0.2) is 0 Å². The van der Waals surface area contributed by atoms with Crippen LogP contribution in [0, 0.1) is 0 Å². The zero-order valence-corrected chi connectivity index (χ0v) is 10.2. The lowest BCUT2D eigenvalue weighted by atomic mass is 10.1. The predicted molar refractivity (Wildman–Crippen MR) is 68.0 cm³/mol. The number of carbonyl (C=O) groups excluding carboxylic acids is 1.